The Bertz CT molecular complexity index is 820. The number of halogens is 1. The second-order valence-electron chi connectivity index (χ2n) is 7.62. The lowest BCUT2D eigenvalue weighted by atomic mass is 10.0. The summed E-state index contributed by atoms with van der Waals surface area (Å²) < 4.78 is 20.0. The Hall–Kier alpha value is -2.68. The van der Waals surface area contributed by atoms with Crippen molar-refractivity contribution in [2.75, 3.05) is 37.6 Å². The minimum Gasteiger partial charge on any atom is -0.442 e. The lowest BCUT2D eigenvalue weighted by Gasteiger charge is -2.20. The molecule has 3 aliphatic rings. The van der Waals surface area contributed by atoms with Crippen LogP contribution in [0, 0.1) is 17.7 Å². The van der Waals surface area contributed by atoms with Gasteiger partial charge in [-0.05, 0) is 35.4 Å². The molecule has 2 aliphatic heterocycles. The summed E-state index contributed by atoms with van der Waals surface area (Å²) in [4.78, 5) is 37.9. The highest BCUT2D eigenvalue weighted by Crippen LogP contribution is 2.58. The first-order chi connectivity index (χ1) is 13.4. The van der Waals surface area contributed by atoms with E-state index in [1.807, 2.05) is 0 Å². The van der Waals surface area contributed by atoms with Crippen LogP contribution in [-0.4, -0.2) is 61.6 Å². The molecule has 150 valence electrons. The van der Waals surface area contributed by atoms with Crippen molar-refractivity contribution in [3.63, 3.8) is 0 Å². The molecule has 0 radical (unpaired) electrons. The van der Waals surface area contributed by atoms with Crippen molar-refractivity contribution < 1.29 is 23.5 Å². The Morgan fingerprint density at radius 3 is 2.61 bits per heavy atom. The zero-order valence-corrected chi connectivity index (χ0v) is 15.6. The fourth-order valence-electron chi connectivity index (χ4n) is 4.37. The number of rotatable bonds is 5. The maximum atomic E-state index is 14.8. The molecule has 1 aliphatic carbocycles. The van der Waals surface area contributed by atoms with Gasteiger partial charge in [0, 0.05) is 20.0 Å². The molecule has 0 aromatic heterocycles. The quantitative estimate of drug-likeness (QED) is 0.758. The lowest BCUT2D eigenvalue weighted by molar-refractivity contribution is -0.129. The predicted molar refractivity (Wildman–Crippen MR) is 98.1 cm³/mol. The molecule has 4 atom stereocenters. The van der Waals surface area contributed by atoms with Gasteiger partial charge in [0.25, 0.3) is 0 Å². The number of likely N-dealkylation sites (tertiary alicyclic amines) is 1. The Morgan fingerprint density at radius 2 is 2.00 bits per heavy atom. The van der Waals surface area contributed by atoms with E-state index in [9.17, 15) is 18.8 Å². The number of fused-ring (bicyclic) bond motifs is 1. The maximum Gasteiger partial charge on any atom is 0.414 e. The third-order valence-corrected chi connectivity index (χ3v) is 5.83. The van der Waals surface area contributed by atoms with Gasteiger partial charge in [0.2, 0.25) is 11.8 Å². The number of nitrogens with zero attached hydrogens (tertiary/aromatic N) is 2. The van der Waals surface area contributed by atoms with Crippen molar-refractivity contribution in [3.05, 3.63) is 29.6 Å². The molecule has 1 unspecified atom stereocenters. The number of piperidine rings is 1. The van der Waals surface area contributed by atoms with E-state index in [1.54, 1.807) is 17.0 Å². The van der Waals surface area contributed by atoms with Crippen molar-refractivity contribution in [2.45, 2.75) is 18.9 Å². The van der Waals surface area contributed by atoms with Crippen molar-refractivity contribution in [3.8, 4) is 0 Å². The average molecular weight is 390 g/mol. The van der Waals surface area contributed by atoms with Crippen LogP contribution in [-0.2, 0) is 14.3 Å². The first-order valence-electron chi connectivity index (χ1n) is 9.39. The Kier molecular flexibility index (Phi) is 4.70. The minimum absolute atomic E-state index is 0.00201. The number of carbonyl (C=O) groups is 3. The summed E-state index contributed by atoms with van der Waals surface area (Å²) in [6.45, 7) is 3.11. The van der Waals surface area contributed by atoms with Crippen molar-refractivity contribution >= 4 is 23.6 Å². The van der Waals surface area contributed by atoms with Gasteiger partial charge in [-0.25, -0.2) is 9.18 Å². The number of anilines is 1. The van der Waals surface area contributed by atoms with Gasteiger partial charge in [-0.3, -0.25) is 14.5 Å². The van der Waals surface area contributed by atoms with E-state index >= 15 is 0 Å². The molecule has 0 spiro atoms. The summed E-state index contributed by atoms with van der Waals surface area (Å²) in [6.07, 6.45) is -1.02. The van der Waals surface area contributed by atoms with Crippen LogP contribution >= 0.6 is 0 Å². The van der Waals surface area contributed by atoms with Gasteiger partial charge in [-0.15, -0.1) is 0 Å². The molecule has 3 N–H and O–H groups in total. The van der Waals surface area contributed by atoms with E-state index < -0.39 is 12.2 Å². The van der Waals surface area contributed by atoms with E-state index in [2.05, 4.69) is 5.32 Å². The van der Waals surface area contributed by atoms with E-state index in [4.69, 9.17) is 10.5 Å². The van der Waals surface area contributed by atoms with Crippen LogP contribution < -0.4 is 16.0 Å². The SMILES string of the molecule is CC(=O)NC[C@H]1CN(c2ccc(C3[C@H]4CN(C(=O)CN)C[C@@H]34)c(F)c2)C(=O)O1. The summed E-state index contributed by atoms with van der Waals surface area (Å²) in [5.41, 5.74) is 6.46. The summed E-state index contributed by atoms with van der Waals surface area (Å²) >= 11 is 0. The minimum atomic E-state index is -0.554. The second kappa shape index (κ2) is 7.05. The van der Waals surface area contributed by atoms with Crippen LogP contribution in [0.15, 0.2) is 18.2 Å². The first-order valence-corrected chi connectivity index (χ1v) is 9.39. The molecule has 3 fully saturated rings. The third-order valence-electron chi connectivity index (χ3n) is 5.83. The smallest absolute Gasteiger partial charge is 0.414 e. The molecule has 1 saturated carbocycles. The van der Waals surface area contributed by atoms with Crippen LogP contribution in [0.2, 0.25) is 0 Å². The number of ether oxygens (including phenoxy) is 1. The molecule has 8 nitrogen and oxygen atoms in total. The van der Waals surface area contributed by atoms with Gasteiger partial charge in [-0.1, -0.05) is 6.07 Å². The number of cyclic esters (lactones) is 1. The number of amides is 3. The highest BCUT2D eigenvalue weighted by atomic mass is 19.1. The number of hydrogen-bond donors (Lipinski definition) is 2. The summed E-state index contributed by atoms with van der Waals surface area (Å²) in [6, 6.07) is 4.79. The largest absolute Gasteiger partial charge is 0.442 e. The van der Waals surface area contributed by atoms with Gasteiger partial charge >= 0.3 is 6.09 Å². The second-order valence-corrected chi connectivity index (χ2v) is 7.62. The Balaban J connectivity index is 1.40. The molecular weight excluding hydrogens is 367 g/mol. The van der Waals surface area contributed by atoms with Gasteiger partial charge < -0.3 is 20.7 Å². The van der Waals surface area contributed by atoms with Gasteiger partial charge in [0.15, 0.2) is 0 Å². The molecule has 9 heteroatoms. The summed E-state index contributed by atoms with van der Waals surface area (Å²) in [7, 11) is 0. The predicted octanol–water partition coefficient (Wildman–Crippen LogP) is 0.417. The molecule has 2 saturated heterocycles. The first kappa shape index (κ1) is 18.7. The highest BCUT2D eigenvalue weighted by Gasteiger charge is 2.57. The summed E-state index contributed by atoms with van der Waals surface area (Å²) in [5.74, 6) is 0.0274. The topological polar surface area (TPSA) is 105 Å². The zero-order valence-electron chi connectivity index (χ0n) is 15.6. The highest BCUT2D eigenvalue weighted by molar-refractivity contribution is 5.90. The van der Waals surface area contributed by atoms with Crippen LogP contribution in [0.25, 0.3) is 0 Å². The number of nitrogens with two attached hydrogens (primary N) is 1. The molecule has 1 aromatic rings. The van der Waals surface area contributed by atoms with Gasteiger partial charge in [0.1, 0.15) is 11.9 Å². The third kappa shape index (κ3) is 3.30. The van der Waals surface area contributed by atoms with Gasteiger partial charge in [-0.2, -0.15) is 0 Å². The molecule has 0 bridgehead atoms. The molecule has 2 heterocycles. The molecular formula is C19H23FN4O4. The fourth-order valence-corrected chi connectivity index (χ4v) is 4.37. The van der Waals surface area contributed by atoms with Crippen LogP contribution in [0.1, 0.15) is 18.4 Å². The van der Waals surface area contributed by atoms with Gasteiger partial charge in [0.05, 0.1) is 25.3 Å². The van der Waals surface area contributed by atoms with Crippen LogP contribution in [0.3, 0.4) is 0 Å². The molecule has 28 heavy (non-hydrogen) atoms. The lowest BCUT2D eigenvalue weighted by Crippen LogP contribution is -2.36. The summed E-state index contributed by atoms with van der Waals surface area (Å²) in [5, 5.41) is 2.61. The standard InChI is InChI=1S/C19H23FN4O4/c1-10(25)22-6-12-7-24(19(27)28-12)11-2-3-13(16(20)4-11)18-14-8-23(9-15(14)18)17(26)5-21/h2-4,12,14-15,18H,5-9,21H2,1H3,(H,22,25)/t12-,14-,15+,18?/m0/s1. The van der Waals surface area contributed by atoms with Crippen molar-refractivity contribution in [1.82, 2.24) is 10.2 Å². The zero-order chi connectivity index (χ0) is 20.0. The van der Waals surface area contributed by atoms with E-state index in [-0.39, 0.29) is 55.0 Å². The number of carbonyl (C=O) groups excluding carboxylic acids is 3. The molecule has 3 amide bonds. The van der Waals surface area contributed by atoms with Crippen LogP contribution in [0.5, 0.6) is 0 Å². The maximum absolute atomic E-state index is 14.8. The van der Waals surface area contributed by atoms with Crippen LogP contribution in [0.4, 0.5) is 14.9 Å². The Morgan fingerprint density at radius 1 is 1.29 bits per heavy atom. The molecule has 1 aromatic carbocycles. The molecule has 4 rings (SSSR count). The van der Waals surface area contributed by atoms with Crippen molar-refractivity contribution in [1.29, 1.82) is 0 Å². The number of hydrogen-bond acceptors (Lipinski definition) is 5. The normalized spacial score (nSPS) is 28.2. The number of benzene rings is 1. The Labute approximate surface area is 161 Å². The number of nitrogens with one attached hydrogen (secondary N) is 1. The monoisotopic (exact) mass is 390 g/mol. The van der Waals surface area contributed by atoms with E-state index in [0.29, 0.717) is 24.3 Å². The van der Waals surface area contributed by atoms with E-state index in [0.717, 1.165) is 0 Å². The average Bonchev–Trinajstić information content (AvgIpc) is 3.00. The fraction of sp³-hybridized carbons (Fsp3) is 0.526. The van der Waals surface area contributed by atoms with E-state index in [1.165, 1.54) is 17.9 Å². The van der Waals surface area contributed by atoms with Crippen molar-refractivity contribution in [2.24, 2.45) is 17.6 Å².